The van der Waals surface area contributed by atoms with E-state index in [1.807, 2.05) is 0 Å². The zero-order chi connectivity index (χ0) is 12.4. The van der Waals surface area contributed by atoms with Gasteiger partial charge in [-0.05, 0) is 19.4 Å². The molecule has 1 aromatic heterocycles. The van der Waals surface area contributed by atoms with Crippen LogP contribution in [0.25, 0.3) is 0 Å². The molecule has 0 atom stereocenters. The third-order valence-corrected chi connectivity index (χ3v) is 2.85. The molecule has 1 fully saturated rings. The summed E-state index contributed by atoms with van der Waals surface area (Å²) in [6.45, 7) is 5.66. The van der Waals surface area contributed by atoms with Crippen molar-refractivity contribution in [2.24, 2.45) is 0 Å². The van der Waals surface area contributed by atoms with E-state index in [-0.39, 0.29) is 5.91 Å². The molecule has 0 radical (unpaired) electrons. The third kappa shape index (κ3) is 2.39. The second-order valence-corrected chi connectivity index (χ2v) is 4.08. The molecular formula is C12H15NO4. The highest BCUT2D eigenvalue weighted by molar-refractivity contribution is 5.96. The fourth-order valence-corrected chi connectivity index (χ4v) is 2.00. The van der Waals surface area contributed by atoms with Gasteiger partial charge in [-0.25, -0.2) is 4.79 Å². The van der Waals surface area contributed by atoms with Crippen LogP contribution in [-0.4, -0.2) is 37.1 Å². The van der Waals surface area contributed by atoms with Crippen LogP contribution in [0.5, 0.6) is 0 Å². The number of carbonyl (C=O) groups excluding carboxylic acids is 1. The van der Waals surface area contributed by atoms with E-state index in [1.165, 1.54) is 6.07 Å². The Morgan fingerprint density at radius 1 is 1.29 bits per heavy atom. The first-order valence-corrected chi connectivity index (χ1v) is 5.58. The van der Waals surface area contributed by atoms with Crippen molar-refractivity contribution < 1.29 is 13.9 Å². The molecule has 1 aliphatic heterocycles. The topological polar surface area (TPSA) is 59.8 Å². The summed E-state index contributed by atoms with van der Waals surface area (Å²) in [6.07, 6.45) is 0. The Labute approximate surface area is 99.0 Å². The lowest BCUT2D eigenvalue weighted by molar-refractivity contribution is 0.0299. The van der Waals surface area contributed by atoms with Crippen LogP contribution >= 0.6 is 0 Å². The smallest absolute Gasteiger partial charge is 0.336 e. The van der Waals surface area contributed by atoms with Gasteiger partial charge in [-0.3, -0.25) is 4.79 Å². The Morgan fingerprint density at radius 3 is 2.53 bits per heavy atom. The van der Waals surface area contributed by atoms with Gasteiger partial charge in [0, 0.05) is 19.2 Å². The average Bonchev–Trinajstić information content (AvgIpc) is 2.28. The Hall–Kier alpha value is -1.62. The van der Waals surface area contributed by atoms with Crippen LogP contribution in [0.2, 0.25) is 0 Å². The van der Waals surface area contributed by atoms with Crippen molar-refractivity contribution in [1.82, 2.24) is 4.90 Å². The standard InChI is InChI=1S/C12H15NO4/c1-8-7-10(14)17-9(2)11(8)12(15)13-3-5-16-6-4-13/h7H,3-6H2,1-2H3. The number of aryl methyl sites for hydroxylation is 2. The Morgan fingerprint density at radius 2 is 1.94 bits per heavy atom. The summed E-state index contributed by atoms with van der Waals surface area (Å²) in [5.41, 5.74) is 0.736. The fourth-order valence-electron chi connectivity index (χ4n) is 2.00. The van der Waals surface area contributed by atoms with Gasteiger partial charge in [-0.2, -0.15) is 0 Å². The molecule has 17 heavy (non-hydrogen) atoms. The first-order valence-electron chi connectivity index (χ1n) is 5.58. The van der Waals surface area contributed by atoms with Gasteiger partial charge in [-0.1, -0.05) is 0 Å². The molecule has 5 nitrogen and oxygen atoms in total. The summed E-state index contributed by atoms with van der Waals surface area (Å²) in [6, 6.07) is 1.35. The molecule has 92 valence electrons. The van der Waals surface area contributed by atoms with Crippen LogP contribution in [0.1, 0.15) is 21.7 Å². The SMILES string of the molecule is Cc1cc(=O)oc(C)c1C(=O)N1CCOCC1. The lowest BCUT2D eigenvalue weighted by Crippen LogP contribution is -2.41. The molecule has 1 aromatic rings. The molecule has 5 heteroatoms. The number of hydrogen-bond acceptors (Lipinski definition) is 4. The summed E-state index contributed by atoms with van der Waals surface area (Å²) in [7, 11) is 0. The quantitative estimate of drug-likeness (QED) is 0.722. The van der Waals surface area contributed by atoms with Gasteiger partial charge < -0.3 is 14.1 Å². The van der Waals surface area contributed by atoms with Gasteiger partial charge in [0.25, 0.3) is 5.91 Å². The predicted octanol–water partition coefficient (Wildman–Crippen LogP) is 0.729. The molecule has 2 heterocycles. The number of amides is 1. The molecule has 0 saturated carbocycles. The molecule has 0 N–H and O–H groups in total. The highest BCUT2D eigenvalue weighted by Crippen LogP contribution is 2.14. The molecule has 0 bridgehead atoms. The summed E-state index contributed by atoms with van der Waals surface area (Å²) in [5.74, 6) is 0.290. The predicted molar refractivity (Wildman–Crippen MR) is 61.2 cm³/mol. The molecule has 0 aliphatic carbocycles. The summed E-state index contributed by atoms with van der Waals surface area (Å²) < 4.78 is 10.2. The van der Waals surface area contributed by atoms with Crippen molar-refractivity contribution in [3.63, 3.8) is 0 Å². The second-order valence-electron chi connectivity index (χ2n) is 4.08. The van der Waals surface area contributed by atoms with Gasteiger partial charge in [0.2, 0.25) is 0 Å². The van der Waals surface area contributed by atoms with Crippen molar-refractivity contribution in [3.8, 4) is 0 Å². The van der Waals surface area contributed by atoms with Crippen LogP contribution in [0.15, 0.2) is 15.3 Å². The Kier molecular flexibility index (Phi) is 3.28. The molecular weight excluding hydrogens is 222 g/mol. The Bertz CT molecular complexity index is 460. The molecule has 1 amide bonds. The van der Waals surface area contributed by atoms with Gasteiger partial charge in [-0.15, -0.1) is 0 Å². The summed E-state index contributed by atoms with van der Waals surface area (Å²) in [5, 5.41) is 0. The summed E-state index contributed by atoms with van der Waals surface area (Å²) in [4.78, 5) is 25.1. The van der Waals surface area contributed by atoms with E-state index in [1.54, 1.807) is 18.7 Å². The van der Waals surface area contributed by atoms with Crippen LogP contribution in [-0.2, 0) is 4.74 Å². The van der Waals surface area contributed by atoms with Crippen LogP contribution in [0, 0.1) is 13.8 Å². The summed E-state index contributed by atoms with van der Waals surface area (Å²) >= 11 is 0. The van der Waals surface area contributed by atoms with Crippen molar-refractivity contribution in [2.45, 2.75) is 13.8 Å². The fraction of sp³-hybridized carbons (Fsp3) is 0.500. The van der Waals surface area contributed by atoms with Gasteiger partial charge in [0.15, 0.2) is 0 Å². The molecule has 0 spiro atoms. The van der Waals surface area contributed by atoms with Crippen LogP contribution in [0.3, 0.4) is 0 Å². The van der Waals surface area contributed by atoms with Crippen molar-refractivity contribution in [2.75, 3.05) is 26.3 Å². The van der Waals surface area contributed by atoms with E-state index in [4.69, 9.17) is 9.15 Å². The lowest BCUT2D eigenvalue weighted by atomic mass is 10.1. The largest absolute Gasteiger partial charge is 0.427 e. The average molecular weight is 237 g/mol. The van der Waals surface area contributed by atoms with Crippen molar-refractivity contribution >= 4 is 5.91 Å². The van der Waals surface area contributed by atoms with E-state index >= 15 is 0 Å². The molecule has 1 saturated heterocycles. The third-order valence-electron chi connectivity index (χ3n) is 2.85. The van der Waals surface area contributed by atoms with Crippen LogP contribution < -0.4 is 5.63 Å². The lowest BCUT2D eigenvalue weighted by Gasteiger charge is -2.27. The number of ether oxygens (including phenoxy) is 1. The van der Waals surface area contributed by atoms with Crippen molar-refractivity contribution in [3.05, 3.63) is 33.4 Å². The number of nitrogens with zero attached hydrogens (tertiary/aromatic N) is 1. The minimum absolute atomic E-state index is 0.0907. The van der Waals surface area contributed by atoms with E-state index < -0.39 is 5.63 Å². The van der Waals surface area contributed by atoms with E-state index in [0.717, 1.165) is 0 Å². The molecule has 2 rings (SSSR count). The van der Waals surface area contributed by atoms with Gasteiger partial charge in [0.1, 0.15) is 5.76 Å². The molecule has 0 unspecified atom stereocenters. The maximum absolute atomic E-state index is 12.3. The minimum Gasteiger partial charge on any atom is -0.427 e. The van der Waals surface area contributed by atoms with Crippen LogP contribution in [0.4, 0.5) is 0 Å². The van der Waals surface area contributed by atoms with Crippen molar-refractivity contribution in [1.29, 1.82) is 0 Å². The zero-order valence-corrected chi connectivity index (χ0v) is 9.99. The highest BCUT2D eigenvalue weighted by Gasteiger charge is 2.23. The van der Waals surface area contributed by atoms with Gasteiger partial charge in [0.05, 0.1) is 18.8 Å². The van der Waals surface area contributed by atoms with E-state index in [9.17, 15) is 9.59 Å². The maximum atomic E-state index is 12.3. The minimum atomic E-state index is -0.418. The second kappa shape index (κ2) is 4.71. The highest BCUT2D eigenvalue weighted by atomic mass is 16.5. The van der Waals surface area contributed by atoms with E-state index in [0.29, 0.717) is 43.2 Å². The normalized spacial score (nSPS) is 16.0. The first kappa shape index (κ1) is 11.9. The number of rotatable bonds is 1. The number of hydrogen-bond donors (Lipinski definition) is 0. The first-order chi connectivity index (χ1) is 8.09. The molecule has 1 aliphatic rings. The Balaban J connectivity index is 2.33. The number of carbonyl (C=O) groups is 1. The number of morpholine rings is 1. The maximum Gasteiger partial charge on any atom is 0.336 e. The monoisotopic (exact) mass is 237 g/mol. The molecule has 0 aromatic carbocycles. The van der Waals surface area contributed by atoms with E-state index in [2.05, 4.69) is 0 Å². The van der Waals surface area contributed by atoms with Gasteiger partial charge >= 0.3 is 5.63 Å². The zero-order valence-electron chi connectivity index (χ0n) is 9.99.